The average molecular weight is 709 g/mol. The number of hydrogen-bond donors (Lipinski definition) is 5. The molecule has 1 aliphatic heterocycles. The molecule has 4 amide bonds. The van der Waals surface area contributed by atoms with E-state index in [0.717, 1.165) is 81.0 Å². The highest BCUT2D eigenvalue weighted by Crippen LogP contribution is 2.37. The maximum Gasteiger partial charge on any atom is 0.407 e. The number of imidazole rings is 1. The lowest BCUT2D eigenvalue weighted by Crippen LogP contribution is -2.40. The molecular weight excluding hydrogens is 664 g/mol. The predicted molar refractivity (Wildman–Crippen MR) is 196 cm³/mol. The summed E-state index contributed by atoms with van der Waals surface area (Å²) in [5.41, 5.74) is 8.86. The van der Waals surface area contributed by atoms with Gasteiger partial charge in [-0.05, 0) is 55.5 Å². The molecule has 4 heterocycles. The second kappa shape index (κ2) is 15.9. The van der Waals surface area contributed by atoms with Crippen molar-refractivity contribution in [2.45, 2.75) is 45.7 Å². The molecular formula is C38H44N8O6. The van der Waals surface area contributed by atoms with Crippen LogP contribution in [0.2, 0.25) is 0 Å². The van der Waals surface area contributed by atoms with Gasteiger partial charge in [0.15, 0.2) is 0 Å². The summed E-state index contributed by atoms with van der Waals surface area (Å²) < 4.78 is 9.18. The number of carbonyl (C=O) groups excluding carboxylic acids is 4. The van der Waals surface area contributed by atoms with Crippen LogP contribution in [0.3, 0.4) is 0 Å². The van der Waals surface area contributed by atoms with Gasteiger partial charge in [0.25, 0.3) is 0 Å². The standard InChI is InChI=1S/C38H44N8O6/c1-5-16-45(33(47)20-40-37(49)51-3)22-26-12-15-30(43-26)28-14-13-27(35-29(28)18-23(2)42-35)24-8-10-25(11-9-24)31-19-39-36(44-31)32-7-6-17-46(32)34(48)21-41-38(50)52-4/h8-15,18-19,32,42-43H,5-7,16-17,20-22H2,1-4H3,(H,39,44)(H,40,49)(H,41,50)/t32-/m0/s1. The molecule has 52 heavy (non-hydrogen) atoms. The lowest BCUT2D eigenvalue weighted by atomic mass is 9.97. The van der Waals surface area contributed by atoms with Gasteiger partial charge in [-0.15, -0.1) is 0 Å². The number of nitrogens with one attached hydrogen (secondary N) is 5. The number of likely N-dealkylation sites (tertiary alicyclic amines) is 1. The van der Waals surface area contributed by atoms with Crippen LogP contribution in [0.5, 0.6) is 0 Å². The molecule has 0 spiro atoms. The van der Waals surface area contributed by atoms with Crippen LogP contribution in [0.4, 0.5) is 9.59 Å². The molecule has 0 radical (unpaired) electrons. The first-order valence-electron chi connectivity index (χ1n) is 17.4. The van der Waals surface area contributed by atoms with E-state index in [-0.39, 0.29) is 30.9 Å². The number of rotatable bonds is 12. The molecule has 0 unspecified atom stereocenters. The van der Waals surface area contributed by atoms with Crippen molar-refractivity contribution in [3.8, 4) is 33.6 Å². The van der Waals surface area contributed by atoms with E-state index in [1.807, 2.05) is 26.0 Å². The Morgan fingerprint density at radius 3 is 2.33 bits per heavy atom. The fourth-order valence-electron chi connectivity index (χ4n) is 6.77. The Kier molecular flexibility index (Phi) is 10.9. The Bertz CT molecular complexity index is 2060. The number of benzene rings is 2. The van der Waals surface area contributed by atoms with Crippen LogP contribution in [0.25, 0.3) is 44.5 Å². The van der Waals surface area contributed by atoms with Crippen LogP contribution in [0, 0.1) is 6.92 Å². The van der Waals surface area contributed by atoms with Crippen molar-refractivity contribution in [2.75, 3.05) is 40.4 Å². The van der Waals surface area contributed by atoms with E-state index in [2.05, 4.69) is 82.5 Å². The van der Waals surface area contributed by atoms with Gasteiger partial charge in [-0.2, -0.15) is 0 Å². The summed E-state index contributed by atoms with van der Waals surface area (Å²) in [6.45, 7) is 5.34. The van der Waals surface area contributed by atoms with Gasteiger partial charge in [0.2, 0.25) is 11.8 Å². The van der Waals surface area contributed by atoms with Gasteiger partial charge in [0, 0.05) is 46.7 Å². The van der Waals surface area contributed by atoms with E-state index < -0.39 is 12.2 Å². The van der Waals surface area contributed by atoms with Crippen molar-refractivity contribution in [1.29, 1.82) is 0 Å². The van der Waals surface area contributed by atoms with Gasteiger partial charge >= 0.3 is 12.2 Å². The highest BCUT2D eigenvalue weighted by molar-refractivity contribution is 6.03. The number of fused-ring (bicyclic) bond motifs is 1. The first kappa shape index (κ1) is 35.8. The first-order chi connectivity index (χ1) is 25.2. The van der Waals surface area contributed by atoms with Crippen molar-refractivity contribution < 1.29 is 28.7 Å². The molecule has 1 aliphatic rings. The quantitative estimate of drug-likeness (QED) is 0.111. The third-order valence-electron chi connectivity index (χ3n) is 9.30. The molecule has 5 aromatic rings. The van der Waals surface area contributed by atoms with Crippen molar-refractivity contribution in [3.05, 3.63) is 78.0 Å². The van der Waals surface area contributed by atoms with Crippen molar-refractivity contribution in [1.82, 2.24) is 40.4 Å². The van der Waals surface area contributed by atoms with Gasteiger partial charge in [-0.3, -0.25) is 9.59 Å². The minimum atomic E-state index is -0.639. The third kappa shape index (κ3) is 7.80. The highest BCUT2D eigenvalue weighted by Gasteiger charge is 2.32. The van der Waals surface area contributed by atoms with Crippen LogP contribution in [0.1, 0.15) is 49.4 Å². The van der Waals surface area contributed by atoms with Crippen molar-refractivity contribution in [3.63, 3.8) is 0 Å². The fraction of sp³-hybridized carbons (Fsp3) is 0.342. The SMILES string of the molecule is CCCN(Cc1ccc(-c2ccc(-c3ccc(-c4cnc([C@@H]5CCCN5C(=O)CNC(=O)OC)[nH]4)cc3)c3[nH]c(C)cc23)[nH]1)C(=O)CNC(=O)OC. The largest absolute Gasteiger partial charge is 0.453 e. The molecule has 1 fully saturated rings. The van der Waals surface area contributed by atoms with E-state index in [0.29, 0.717) is 19.6 Å². The number of amides is 4. The molecule has 0 aliphatic carbocycles. The second-order valence-electron chi connectivity index (χ2n) is 12.8. The number of carbonyl (C=O) groups is 4. The lowest BCUT2D eigenvalue weighted by molar-refractivity contribution is -0.131. The number of H-pyrrole nitrogens is 3. The van der Waals surface area contributed by atoms with Crippen LogP contribution >= 0.6 is 0 Å². The van der Waals surface area contributed by atoms with E-state index in [4.69, 9.17) is 0 Å². The maximum absolute atomic E-state index is 12.8. The third-order valence-corrected chi connectivity index (χ3v) is 9.30. The second-order valence-corrected chi connectivity index (χ2v) is 12.8. The Balaban J connectivity index is 1.18. The maximum atomic E-state index is 12.8. The summed E-state index contributed by atoms with van der Waals surface area (Å²) >= 11 is 0. The van der Waals surface area contributed by atoms with Crippen molar-refractivity contribution in [2.24, 2.45) is 0 Å². The molecule has 14 heteroatoms. The lowest BCUT2D eigenvalue weighted by Gasteiger charge is -2.23. The Morgan fingerprint density at radius 2 is 1.60 bits per heavy atom. The fourth-order valence-corrected chi connectivity index (χ4v) is 6.77. The number of aromatic amines is 3. The van der Waals surface area contributed by atoms with Gasteiger partial charge in [-0.1, -0.05) is 43.3 Å². The molecule has 0 saturated carbocycles. The van der Waals surface area contributed by atoms with E-state index in [9.17, 15) is 19.2 Å². The van der Waals surface area contributed by atoms with Crippen LogP contribution in [-0.2, 0) is 25.6 Å². The summed E-state index contributed by atoms with van der Waals surface area (Å²) in [5.74, 6) is 0.352. The molecule has 1 atom stereocenters. The number of hydrogen-bond acceptors (Lipinski definition) is 7. The molecule has 1 saturated heterocycles. The summed E-state index contributed by atoms with van der Waals surface area (Å²) in [5, 5.41) is 6.01. The number of nitrogens with zero attached hydrogens (tertiary/aromatic N) is 3. The van der Waals surface area contributed by atoms with Gasteiger partial charge in [-0.25, -0.2) is 14.6 Å². The topological polar surface area (TPSA) is 178 Å². The molecule has 2 aromatic carbocycles. The predicted octanol–water partition coefficient (Wildman–Crippen LogP) is 5.64. The first-order valence-corrected chi connectivity index (χ1v) is 17.4. The summed E-state index contributed by atoms with van der Waals surface area (Å²) in [6.07, 6.45) is 2.94. The Hall–Kier alpha value is -6.05. The average Bonchev–Trinajstić information content (AvgIpc) is 3.99. The minimum Gasteiger partial charge on any atom is -0.453 e. The Labute approximate surface area is 301 Å². The minimum absolute atomic E-state index is 0.127. The smallest absolute Gasteiger partial charge is 0.407 e. The molecule has 272 valence electrons. The normalized spacial score (nSPS) is 14.0. The number of ether oxygens (including phenoxy) is 2. The van der Waals surface area contributed by atoms with Crippen molar-refractivity contribution >= 4 is 34.9 Å². The molecule has 14 nitrogen and oxygen atoms in total. The molecule has 3 aromatic heterocycles. The number of aryl methyl sites for hydroxylation is 1. The Morgan fingerprint density at radius 1 is 0.885 bits per heavy atom. The number of aromatic nitrogens is 4. The monoisotopic (exact) mass is 708 g/mol. The number of alkyl carbamates (subject to hydrolysis) is 2. The zero-order valence-electron chi connectivity index (χ0n) is 29.8. The van der Waals surface area contributed by atoms with E-state index in [1.165, 1.54) is 14.2 Å². The highest BCUT2D eigenvalue weighted by atomic mass is 16.5. The summed E-state index contributed by atoms with van der Waals surface area (Å²) in [6, 6.07) is 18.5. The summed E-state index contributed by atoms with van der Waals surface area (Å²) in [7, 11) is 2.53. The molecule has 0 bridgehead atoms. The zero-order chi connectivity index (χ0) is 36.8. The van der Waals surface area contributed by atoms with Crippen LogP contribution in [0.15, 0.2) is 60.8 Å². The van der Waals surface area contributed by atoms with Crippen LogP contribution < -0.4 is 10.6 Å². The molecule has 6 rings (SSSR count). The molecule has 5 N–H and O–H groups in total. The van der Waals surface area contributed by atoms with E-state index >= 15 is 0 Å². The van der Waals surface area contributed by atoms with Crippen LogP contribution in [-0.4, -0.2) is 94.1 Å². The zero-order valence-corrected chi connectivity index (χ0v) is 29.8. The summed E-state index contributed by atoms with van der Waals surface area (Å²) in [4.78, 5) is 67.1. The van der Waals surface area contributed by atoms with Gasteiger partial charge in [0.1, 0.15) is 18.9 Å². The van der Waals surface area contributed by atoms with E-state index in [1.54, 1.807) is 16.0 Å². The number of methoxy groups -OCH3 is 2. The van der Waals surface area contributed by atoms with Gasteiger partial charge in [0.05, 0.1) is 44.2 Å². The van der Waals surface area contributed by atoms with Gasteiger partial charge < -0.3 is 44.9 Å².